The number of rotatable bonds is 4. The number of aryl methyl sites for hydroxylation is 1. The first-order chi connectivity index (χ1) is 9.04. The van der Waals surface area contributed by atoms with Gasteiger partial charge in [0.2, 0.25) is 5.82 Å². The Labute approximate surface area is 120 Å². The molecular weight excluding hydrogens is 286 g/mol. The van der Waals surface area contributed by atoms with Crippen molar-refractivity contribution >= 4 is 28.9 Å². The van der Waals surface area contributed by atoms with E-state index in [0.717, 1.165) is 4.88 Å². The number of hydrogen-bond acceptors (Lipinski definition) is 5. The van der Waals surface area contributed by atoms with Crippen molar-refractivity contribution < 1.29 is 9.53 Å². The SMILES string of the molecule is CCOC(=O)c1nnc(C)n1C(C)c1ccc(Cl)s1. The van der Waals surface area contributed by atoms with E-state index in [9.17, 15) is 4.79 Å². The van der Waals surface area contributed by atoms with Crippen molar-refractivity contribution in [1.29, 1.82) is 0 Å². The summed E-state index contributed by atoms with van der Waals surface area (Å²) in [6, 6.07) is 3.71. The summed E-state index contributed by atoms with van der Waals surface area (Å²) >= 11 is 7.42. The monoisotopic (exact) mass is 299 g/mol. The van der Waals surface area contributed by atoms with Crippen LogP contribution in [0, 0.1) is 6.92 Å². The Morgan fingerprint density at radius 3 is 2.84 bits per heavy atom. The van der Waals surface area contributed by atoms with Crippen LogP contribution in [0.1, 0.15) is 41.2 Å². The maximum atomic E-state index is 11.9. The minimum atomic E-state index is -0.461. The molecule has 0 radical (unpaired) electrons. The fourth-order valence-electron chi connectivity index (χ4n) is 1.85. The molecule has 2 aromatic heterocycles. The lowest BCUT2D eigenvalue weighted by Gasteiger charge is -2.15. The molecule has 0 aliphatic carbocycles. The zero-order valence-electron chi connectivity index (χ0n) is 10.9. The third-order valence-corrected chi connectivity index (χ3v) is 4.12. The van der Waals surface area contributed by atoms with Crippen LogP contribution in [-0.2, 0) is 4.74 Å². The van der Waals surface area contributed by atoms with Gasteiger partial charge in [0.05, 0.1) is 17.0 Å². The normalized spacial score (nSPS) is 12.4. The van der Waals surface area contributed by atoms with Crippen LogP contribution in [0.4, 0.5) is 0 Å². The molecule has 2 heterocycles. The van der Waals surface area contributed by atoms with E-state index < -0.39 is 5.97 Å². The van der Waals surface area contributed by atoms with E-state index in [1.54, 1.807) is 18.4 Å². The summed E-state index contributed by atoms with van der Waals surface area (Å²) in [5, 5.41) is 7.85. The highest BCUT2D eigenvalue weighted by atomic mass is 35.5. The van der Waals surface area contributed by atoms with Crippen LogP contribution in [0.25, 0.3) is 0 Å². The summed E-state index contributed by atoms with van der Waals surface area (Å²) in [5.41, 5.74) is 0. The molecule has 0 aromatic carbocycles. The van der Waals surface area contributed by atoms with Gasteiger partial charge in [0.1, 0.15) is 5.82 Å². The summed E-state index contributed by atoms with van der Waals surface area (Å²) in [7, 11) is 0. The van der Waals surface area contributed by atoms with Crippen LogP contribution in [0.3, 0.4) is 0 Å². The molecule has 0 fully saturated rings. The maximum absolute atomic E-state index is 11.9. The molecule has 2 aromatic rings. The Morgan fingerprint density at radius 2 is 2.26 bits per heavy atom. The largest absolute Gasteiger partial charge is 0.460 e. The number of halogens is 1. The molecule has 5 nitrogen and oxygen atoms in total. The average Bonchev–Trinajstić information content (AvgIpc) is 2.95. The number of hydrogen-bond donors (Lipinski definition) is 0. The Kier molecular flexibility index (Phi) is 4.21. The van der Waals surface area contributed by atoms with Crippen molar-refractivity contribution in [3.8, 4) is 0 Å². The second kappa shape index (κ2) is 5.71. The minimum absolute atomic E-state index is 0.0630. The molecule has 0 spiro atoms. The zero-order valence-corrected chi connectivity index (χ0v) is 12.5. The molecule has 0 aliphatic heterocycles. The van der Waals surface area contributed by atoms with Gasteiger partial charge >= 0.3 is 5.97 Å². The van der Waals surface area contributed by atoms with E-state index in [-0.39, 0.29) is 11.9 Å². The van der Waals surface area contributed by atoms with Crippen LogP contribution in [0.2, 0.25) is 4.34 Å². The number of aromatic nitrogens is 3. The standard InChI is InChI=1S/C12H14ClN3O2S/c1-4-18-12(17)11-15-14-8(3)16(11)7(2)9-5-6-10(13)19-9/h5-7H,4H2,1-3H3. The summed E-state index contributed by atoms with van der Waals surface area (Å²) in [5.74, 6) is 0.425. The Morgan fingerprint density at radius 1 is 1.53 bits per heavy atom. The molecule has 102 valence electrons. The van der Waals surface area contributed by atoms with E-state index >= 15 is 0 Å². The van der Waals surface area contributed by atoms with Gasteiger partial charge in [0.15, 0.2) is 0 Å². The summed E-state index contributed by atoms with van der Waals surface area (Å²) in [6.45, 7) is 5.85. The lowest BCUT2D eigenvalue weighted by Crippen LogP contribution is -2.17. The lowest BCUT2D eigenvalue weighted by atomic mass is 10.2. The van der Waals surface area contributed by atoms with Crippen molar-refractivity contribution in [2.75, 3.05) is 6.61 Å². The first-order valence-corrected chi connectivity index (χ1v) is 7.08. The predicted octanol–water partition coefficient (Wildman–Crippen LogP) is 3.09. The number of thiophene rings is 1. The van der Waals surface area contributed by atoms with E-state index in [2.05, 4.69) is 10.2 Å². The molecule has 0 saturated carbocycles. The molecule has 1 unspecified atom stereocenters. The highest BCUT2D eigenvalue weighted by Gasteiger charge is 2.23. The fraction of sp³-hybridized carbons (Fsp3) is 0.417. The molecule has 19 heavy (non-hydrogen) atoms. The van der Waals surface area contributed by atoms with Gasteiger partial charge in [0, 0.05) is 4.88 Å². The van der Waals surface area contributed by atoms with E-state index in [1.807, 2.05) is 19.1 Å². The van der Waals surface area contributed by atoms with Crippen molar-refractivity contribution in [2.45, 2.75) is 26.8 Å². The first-order valence-electron chi connectivity index (χ1n) is 5.88. The second-order valence-electron chi connectivity index (χ2n) is 3.98. The number of carbonyl (C=O) groups is 1. The van der Waals surface area contributed by atoms with Crippen LogP contribution in [0.15, 0.2) is 12.1 Å². The van der Waals surface area contributed by atoms with Crippen LogP contribution in [0.5, 0.6) is 0 Å². The molecule has 0 bridgehead atoms. The van der Waals surface area contributed by atoms with E-state index in [1.165, 1.54) is 11.3 Å². The highest BCUT2D eigenvalue weighted by Crippen LogP contribution is 2.30. The summed E-state index contributed by atoms with van der Waals surface area (Å²) in [4.78, 5) is 12.9. The molecule has 2 rings (SSSR count). The quantitative estimate of drug-likeness (QED) is 0.814. The van der Waals surface area contributed by atoms with Crippen LogP contribution in [-0.4, -0.2) is 27.3 Å². The summed E-state index contributed by atoms with van der Waals surface area (Å²) in [6.07, 6.45) is 0. The van der Waals surface area contributed by atoms with Gasteiger partial charge in [-0.15, -0.1) is 21.5 Å². The van der Waals surface area contributed by atoms with Gasteiger partial charge in [-0.25, -0.2) is 4.79 Å². The van der Waals surface area contributed by atoms with Crippen molar-refractivity contribution in [3.05, 3.63) is 33.0 Å². The predicted molar refractivity (Wildman–Crippen MR) is 73.9 cm³/mol. The number of carbonyl (C=O) groups excluding carboxylic acids is 1. The molecular formula is C12H14ClN3O2S. The van der Waals surface area contributed by atoms with Gasteiger partial charge in [-0.05, 0) is 32.9 Å². The Bertz CT molecular complexity index is 594. The number of ether oxygens (including phenoxy) is 1. The third-order valence-electron chi connectivity index (χ3n) is 2.72. The fourth-order valence-corrected chi connectivity index (χ4v) is 2.95. The Balaban J connectivity index is 2.38. The molecule has 0 saturated heterocycles. The molecule has 0 aliphatic rings. The van der Waals surface area contributed by atoms with Gasteiger partial charge in [-0.2, -0.15) is 0 Å². The highest BCUT2D eigenvalue weighted by molar-refractivity contribution is 7.16. The minimum Gasteiger partial charge on any atom is -0.460 e. The maximum Gasteiger partial charge on any atom is 0.376 e. The van der Waals surface area contributed by atoms with Crippen LogP contribution < -0.4 is 0 Å². The molecule has 0 N–H and O–H groups in total. The summed E-state index contributed by atoms with van der Waals surface area (Å²) < 4.78 is 7.47. The average molecular weight is 300 g/mol. The van der Waals surface area contributed by atoms with E-state index in [4.69, 9.17) is 16.3 Å². The first kappa shape index (κ1) is 14.0. The smallest absolute Gasteiger partial charge is 0.376 e. The van der Waals surface area contributed by atoms with Crippen molar-refractivity contribution in [3.63, 3.8) is 0 Å². The molecule has 0 amide bonds. The van der Waals surface area contributed by atoms with E-state index in [0.29, 0.717) is 16.8 Å². The van der Waals surface area contributed by atoms with Crippen molar-refractivity contribution in [2.24, 2.45) is 0 Å². The number of nitrogens with zero attached hydrogens (tertiary/aromatic N) is 3. The zero-order chi connectivity index (χ0) is 14.0. The Hall–Kier alpha value is -1.40. The third kappa shape index (κ3) is 2.79. The van der Waals surface area contributed by atoms with Gasteiger partial charge in [-0.3, -0.25) is 4.57 Å². The number of esters is 1. The molecule has 1 atom stereocenters. The lowest BCUT2D eigenvalue weighted by molar-refractivity contribution is 0.0504. The molecule has 7 heteroatoms. The van der Waals surface area contributed by atoms with Crippen molar-refractivity contribution in [1.82, 2.24) is 14.8 Å². The van der Waals surface area contributed by atoms with Gasteiger partial charge in [-0.1, -0.05) is 11.6 Å². The van der Waals surface area contributed by atoms with Gasteiger partial charge < -0.3 is 4.74 Å². The second-order valence-corrected chi connectivity index (χ2v) is 5.73. The van der Waals surface area contributed by atoms with Crippen LogP contribution >= 0.6 is 22.9 Å². The van der Waals surface area contributed by atoms with Gasteiger partial charge in [0.25, 0.3) is 0 Å². The topological polar surface area (TPSA) is 57.0 Å².